The SMILES string of the molecule is CCc1ccncc1-c1cc2cc(N(C)C(=O)C3CC3C#N)ncc2c(N(B(C)Cc2ccccc2)B(C)Cc2ccccc2)n1. The molecule has 2 atom stereocenters. The van der Waals surface area contributed by atoms with E-state index in [4.69, 9.17) is 9.97 Å². The number of aromatic nitrogens is 3. The molecule has 3 heterocycles. The fraction of sp³-hybridized carbons (Fsp3) is 0.270. The minimum atomic E-state index is -0.258. The number of carbonyl (C=O) groups excluding carboxylic acids is 1. The van der Waals surface area contributed by atoms with Crippen LogP contribution >= 0.6 is 0 Å². The molecule has 2 aromatic carbocycles. The zero-order chi connectivity index (χ0) is 32.2. The van der Waals surface area contributed by atoms with E-state index in [-0.39, 0.29) is 31.4 Å². The van der Waals surface area contributed by atoms with Gasteiger partial charge in [0, 0.05) is 36.6 Å². The molecule has 2 unspecified atom stereocenters. The van der Waals surface area contributed by atoms with E-state index < -0.39 is 0 Å². The summed E-state index contributed by atoms with van der Waals surface area (Å²) in [4.78, 5) is 29.5. The van der Waals surface area contributed by atoms with Crippen molar-refractivity contribution in [1.82, 2.24) is 15.0 Å². The number of benzene rings is 2. The molecular formula is C37H38B2N6O. The van der Waals surface area contributed by atoms with E-state index in [1.165, 1.54) is 16.7 Å². The molecule has 7 nitrogen and oxygen atoms in total. The van der Waals surface area contributed by atoms with E-state index in [1.807, 2.05) is 24.7 Å². The molecule has 3 aromatic heterocycles. The minimum Gasteiger partial charge on any atom is -0.444 e. The molecule has 0 aliphatic heterocycles. The van der Waals surface area contributed by atoms with Crippen molar-refractivity contribution in [3.8, 4) is 17.3 Å². The second kappa shape index (κ2) is 13.6. The third-order valence-corrected chi connectivity index (χ3v) is 9.14. The third-order valence-electron chi connectivity index (χ3n) is 9.14. The molecule has 0 bridgehead atoms. The van der Waals surface area contributed by atoms with Crippen LogP contribution in [0.3, 0.4) is 0 Å². The molecule has 1 amide bonds. The van der Waals surface area contributed by atoms with Crippen LogP contribution in [-0.4, -0.2) is 41.6 Å². The highest BCUT2D eigenvalue weighted by Crippen LogP contribution is 2.40. The van der Waals surface area contributed by atoms with E-state index >= 15 is 0 Å². The summed E-state index contributed by atoms with van der Waals surface area (Å²) in [6, 6.07) is 29.5. The Morgan fingerprint density at radius 3 is 2.20 bits per heavy atom. The second-order valence-electron chi connectivity index (χ2n) is 12.4. The molecule has 1 aliphatic carbocycles. The maximum atomic E-state index is 13.2. The highest BCUT2D eigenvalue weighted by atomic mass is 16.2. The topological polar surface area (TPSA) is 86.0 Å². The Morgan fingerprint density at radius 1 is 0.957 bits per heavy atom. The molecule has 6 rings (SSSR count). The summed E-state index contributed by atoms with van der Waals surface area (Å²) in [5.41, 5.74) is 5.55. The van der Waals surface area contributed by atoms with Gasteiger partial charge in [-0.15, -0.1) is 0 Å². The lowest BCUT2D eigenvalue weighted by atomic mass is 9.45. The molecule has 9 heteroatoms. The van der Waals surface area contributed by atoms with Crippen molar-refractivity contribution < 1.29 is 4.79 Å². The van der Waals surface area contributed by atoms with Gasteiger partial charge in [0.2, 0.25) is 19.6 Å². The lowest BCUT2D eigenvalue weighted by Gasteiger charge is -2.35. The van der Waals surface area contributed by atoms with E-state index in [2.05, 4.69) is 109 Å². The normalized spacial score (nSPS) is 15.2. The lowest BCUT2D eigenvalue weighted by Crippen LogP contribution is -2.50. The van der Waals surface area contributed by atoms with Gasteiger partial charge >= 0.3 is 0 Å². The van der Waals surface area contributed by atoms with Crippen LogP contribution in [0.4, 0.5) is 11.6 Å². The molecule has 5 aromatic rings. The first-order valence-corrected chi connectivity index (χ1v) is 16.1. The predicted octanol–water partition coefficient (Wildman–Crippen LogP) is 6.99. The van der Waals surface area contributed by atoms with Gasteiger partial charge in [0.1, 0.15) is 11.6 Å². The molecule has 1 saturated carbocycles. The van der Waals surface area contributed by atoms with Crippen LogP contribution in [-0.2, 0) is 23.9 Å². The van der Waals surface area contributed by atoms with Gasteiger partial charge < -0.3 is 4.72 Å². The number of aryl methyl sites for hydroxylation is 1. The number of hydrogen-bond donors (Lipinski definition) is 0. The van der Waals surface area contributed by atoms with Crippen molar-refractivity contribution in [2.24, 2.45) is 11.8 Å². The Morgan fingerprint density at radius 2 is 1.61 bits per heavy atom. The van der Waals surface area contributed by atoms with Crippen molar-refractivity contribution in [2.45, 2.75) is 46.1 Å². The van der Waals surface area contributed by atoms with E-state index in [1.54, 1.807) is 11.9 Å². The number of carbonyl (C=O) groups is 1. The van der Waals surface area contributed by atoms with Crippen molar-refractivity contribution in [1.29, 1.82) is 5.26 Å². The number of anilines is 2. The molecule has 1 fully saturated rings. The summed E-state index contributed by atoms with van der Waals surface area (Å²) in [5.74, 6) is 0.897. The first-order chi connectivity index (χ1) is 22.4. The maximum absolute atomic E-state index is 13.2. The lowest BCUT2D eigenvalue weighted by molar-refractivity contribution is -0.119. The van der Waals surface area contributed by atoms with Crippen LogP contribution in [0, 0.1) is 23.2 Å². The second-order valence-corrected chi connectivity index (χ2v) is 12.4. The quantitative estimate of drug-likeness (QED) is 0.151. The maximum Gasteiger partial charge on any atom is 0.243 e. The van der Waals surface area contributed by atoms with Crippen LogP contribution in [0.2, 0.25) is 13.6 Å². The van der Waals surface area contributed by atoms with Crippen LogP contribution in [0.25, 0.3) is 22.0 Å². The summed E-state index contributed by atoms with van der Waals surface area (Å²) < 4.78 is 2.45. The zero-order valence-electron chi connectivity index (χ0n) is 27.0. The molecule has 0 radical (unpaired) electrons. The van der Waals surface area contributed by atoms with Crippen LogP contribution < -0.4 is 9.62 Å². The van der Waals surface area contributed by atoms with Gasteiger partial charge in [0.15, 0.2) is 0 Å². The number of fused-ring (bicyclic) bond motifs is 1. The van der Waals surface area contributed by atoms with Crippen LogP contribution in [0.5, 0.6) is 0 Å². The van der Waals surface area contributed by atoms with Gasteiger partial charge in [-0.2, -0.15) is 5.26 Å². The van der Waals surface area contributed by atoms with E-state index in [0.29, 0.717) is 12.2 Å². The molecule has 0 saturated heterocycles. The van der Waals surface area contributed by atoms with Crippen molar-refractivity contribution in [3.05, 3.63) is 114 Å². The van der Waals surface area contributed by atoms with E-state index in [0.717, 1.165) is 46.9 Å². The summed E-state index contributed by atoms with van der Waals surface area (Å²) in [6.45, 7) is 6.92. The number of pyridine rings is 3. The summed E-state index contributed by atoms with van der Waals surface area (Å²) in [7, 11) is 1.75. The van der Waals surface area contributed by atoms with Gasteiger partial charge in [-0.05, 0) is 54.6 Å². The van der Waals surface area contributed by atoms with E-state index in [9.17, 15) is 10.1 Å². The highest BCUT2D eigenvalue weighted by molar-refractivity contribution is 6.82. The summed E-state index contributed by atoms with van der Waals surface area (Å²) in [6.07, 6.45) is 8.75. The van der Waals surface area contributed by atoms with Gasteiger partial charge in [0.05, 0.1) is 23.6 Å². The fourth-order valence-electron chi connectivity index (χ4n) is 6.53. The number of nitriles is 1. The molecule has 1 aliphatic rings. The Hall–Kier alpha value is -4.96. The monoisotopic (exact) mass is 604 g/mol. The zero-order valence-corrected chi connectivity index (χ0v) is 27.0. The summed E-state index contributed by atoms with van der Waals surface area (Å²) in [5, 5.41) is 11.2. The number of hydrogen-bond acceptors (Lipinski definition) is 6. The van der Waals surface area contributed by atoms with Gasteiger partial charge in [-0.25, -0.2) is 9.97 Å². The molecule has 0 N–H and O–H groups in total. The average molecular weight is 604 g/mol. The minimum absolute atomic E-state index is 0.0666. The Labute approximate surface area is 272 Å². The molecule has 228 valence electrons. The van der Waals surface area contributed by atoms with Crippen LogP contribution in [0.1, 0.15) is 30.0 Å². The first kappa shape index (κ1) is 31.0. The average Bonchev–Trinajstić information content (AvgIpc) is 3.88. The molecule has 46 heavy (non-hydrogen) atoms. The Bertz CT molecular complexity index is 1830. The third kappa shape index (κ3) is 6.53. The Kier molecular flexibility index (Phi) is 9.16. The fourth-order valence-corrected chi connectivity index (χ4v) is 6.53. The number of rotatable bonds is 11. The number of amides is 1. The number of nitrogens with zero attached hydrogens (tertiary/aromatic N) is 6. The largest absolute Gasteiger partial charge is 0.444 e. The van der Waals surface area contributed by atoms with Gasteiger partial charge in [-0.3, -0.25) is 14.7 Å². The van der Waals surface area contributed by atoms with Crippen molar-refractivity contribution in [3.63, 3.8) is 0 Å². The summed E-state index contributed by atoms with van der Waals surface area (Å²) >= 11 is 0. The highest BCUT2D eigenvalue weighted by Gasteiger charge is 2.45. The Balaban J connectivity index is 1.50. The first-order valence-electron chi connectivity index (χ1n) is 16.1. The van der Waals surface area contributed by atoms with Gasteiger partial charge in [0.25, 0.3) is 0 Å². The van der Waals surface area contributed by atoms with Crippen LogP contribution in [0.15, 0.2) is 97.5 Å². The standard InChI is InChI=1S/C37H38B2N6O/c1-5-28-16-17-41-24-32(28)34-19-29-20-35(44(4)37(46)31-18-30(31)23-40)42-25-33(29)36(43-34)45(38(2)21-26-12-8-6-9-13-26)39(3)22-27-14-10-7-11-15-27/h6-17,19-20,24-25,30-31H,5,18,21-22H2,1-4H3. The van der Waals surface area contributed by atoms with Crippen molar-refractivity contribution >= 4 is 42.0 Å². The van der Waals surface area contributed by atoms with Gasteiger partial charge in [-0.1, -0.05) is 92.4 Å². The predicted molar refractivity (Wildman–Crippen MR) is 189 cm³/mol. The molecular weight excluding hydrogens is 566 g/mol. The smallest absolute Gasteiger partial charge is 0.243 e. The molecule has 0 spiro atoms. The van der Waals surface area contributed by atoms with Crippen molar-refractivity contribution in [2.75, 3.05) is 16.7 Å².